The van der Waals surface area contributed by atoms with Crippen molar-refractivity contribution in [2.24, 2.45) is 5.92 Å². The first kappa shape index (κ1) is 20.1. The molecule has 2 amide bonds. The number of likely N-dealkylation sites (tertiary alicyclic amines) is 1. The molecule has 0 aromatic heterocycles. The van der Waals surface area contributed by atoms with Crippen molar-refractivity contribution < 1.29 is 14.5 Å². The fraction of sp³-hybridized carbons (Fsp3) is 0.600. The molecule has 28 heavy (non-hydrogen) atoms. The Labute approximate surface area is 165 Å². The summed E-state index contributed by atoms with van der Waals surface area (Å²) in [5.41, 5.74) is 1.03. The summed E-state index contributed by atoms with van der Waals surface area (Å²) in [6.07, 6.45) is 2.94. The molecule has 2 aliphatic heterocycles. The predicted octanol–water partition coefficient (Wildman–Crippen LogP) is 2.28. The van der Waals surface area contributed by atoms with Crippen molar-refractivity contribution in [3.05, 3.63) is 34.4 Å². The number of piperazine rings is 1. The lowest BCUT2D eigenvalue weighted by Gasteiger charge is -2.39. The number of carbonyl (C=O) groups excluding carboxylic acids is 2. The Morgan fingerprint density at radius 2 is 1.61 bits per heavy atom. The van der Waals surface area contributed by atoms with Gasteiger partial charge in [-0.05, 0) is 31.4 Å². The van der Waals surface area contributed by atoms with Crippen LogP contribution in [-0.2, 0) is 9.59 Å². The first-order chi connectivity index (χ1) is 13.5. The quantitative estimate of drug-likeness (QED) is 0.570. The largest absolute Gasteiger partial charge is 0.368 e. The Morgan fingerprint density at radius 3 is 2.14 bits per heavy atom. The first-order valence-electron chi connectivity index (χ1n) is 10.1. The van der Waals surface area contributed by atoms with Crippen LogP contribution in [0.25, 0.3) is 0 Å². The van der Waals surface area contributed by atoms with Crippen LogP contribution in [0.15, 0.2) is 24.3 Å². The maximum Gasteiger partial charge on any atom is 0.269 e. The van der Waals surface area contributed by atoms with Gasteiger partial charge in [-0.15, -0.1) is 0 Å². The molecule has 0 N–H and O–H groups in total. The number of nitrogens with zero attached hydrogens (tertiary/aromatic N) is 4. The normalized spacial score (nSPS) is 18.2. The van der Waals surface area contributed by atoms with Gasteiger partial charge in [0.2, 0.25) is 11.8 Å². The summed E-state index contributed by atoms with van der Waals surface area (Å²) in [5, 5.41) is 10.8. The molecule has 3 rings (SSSR count). The monoisotopic (exact) mass is 388 g/mol. The van der Waals surface area contributed by atoms with Gasteiger partial charge in [-0.2, -0.15) is 0 Å². The number of hydrogen-bond donors (Lipinski definition) is 0. The second kappa shape index (κ2) is 9.03. The number of rotatable bonds is 5. The minimum absolute atomic E-state index is 0.0107. The molecule has 8 nitrogen and oxygen atoms in total. The molecule has 0 bridgehead atoms. The van der Waals surface area contributed by atoms with Crippen molar-refractivity contribution in [1.82, 2.24) is 9.80 Å². The zero-order chi connectivity index (χ0) is 20.1. The van der Waals surface area contributed by atoms with Crippen LogP contribution in [0.3, 0.4) is 0 Å². The van der Waals surface area contributed by atoms with E-state index in [-0.39, 0.29) is 23.4 Å². The second-order valence-electron chi connectivity index (χ2n) is 7.49. The molecule has 1 aromatic carbocycles. The van der Waals surface area contributed by atoms with Crippen LogP contribution < -0.4 is 4.90 Å². The summed E-state index contributed by atoms with van der Waals surface area (Å²) in [6.45, 7) is 6.12. The molecule has 2 heterocycles. The molecule has 0 saturated carbocycles. The van der Waals surface area contributed by atoms with Crippen LogP contribution in [0.1, 0.15) is 32.6 Å². The van der Waals surface area contributed by atoms with Crippen LogP contribution in [-0.4, -0.2) is 65.8 Å². The van der Waals surface area contributed by atoms with Gasteiger partial charge in [0.1, 0.15) is 0 Å². The van der Waals surface area contributed by atoms with E-state index in [9.17, 15) is 19.7 Å². The Balaban J connectivity index is 1.47. The maximum absolute atomic E-state index is 12.8. The average Bonchev–Trinajstić information content (AvgIpc) is 2.74. The number of piperidine rings is 1. The number of nitro groups is 1. The molecular formula is C20H28N4O4. The number of carbonyl (C=O) groups is 2. The highest BCUT2D eigenvalue weighted by molar-refractivity contribution is 5.80. The van der Waals surface area contributed by atoms with Crippen LogP contribution in [0.5, 0.6) is 0 Å². The molecule has 0 unspecified atom stereocenters. The van der Waals surface area contributed by atoms with Gasteiger partial charge in [-0.25, -0.2) is 0 Å². The lowest BCUT2D eigenvalue weighted by molar-refractivity contribution is -0.384. The molecule has 8 heteroatoms. The number of anilines is 1. The fourth-order valence-electron chi connectivity index (χ4n) is 3.98. The van der Waals surface area contributed by atoms with E-state index in [0.717, 1.165) is 38.0 Å². The Morgan fingerprint density at radius 1 is 1.00 bits per heavy atom. The summed E-state index contributed by atoms with van der Waals surface area (Å²) in [5.74, 6) is 0.410. The smallest absolute Gasteiger partial charge is 0.269 e. The van der Waals surface area contributed by atoms with E-state index in [0.29, 0.717) is 32.6 Å². The van der Waals surface area contributed by atoms with E-state index in [2.05, 4.69) is 4.90 Å². The molecular weight excluding hydrogens is 360 g/mol. The van der Waals surface area contributed by atoms with Crippen molar-refractivity contribution in [2.45, 2.75) is 32.6 Å². The third-order valence-corrected chi connectivity index (χ3v) is 5.68. The van der Waals surface area contributed by atoms with Gasteiger partial charge in [0.25, 0.3) is 5.69 Å². The van der Waals surface area contributed by atoms with E-state index < -0.39 is 4.92 Å². The lowest BCUT2D eigenvalue weighted by atomic mass is 9.94. The number of hydrogen-bond acceptors (Lipinski definition) is 5. The second-order valence-corrected chi connectivity index (χ2v) is 7.49. The molecule has 1 aromatic rings. The molecule has 0 atom stereocenters. The molecule has 0 aliphatic carbocycles. The van der Waals surface area contributed by atoms with Crippen molar-refractivity contribution in [2.75, 3.05) is 44.2 Å². The summed E-state index contributed by atoms with van der Waals surface area (Å²) < 4.78 is 0. The Bertz CT molecular complexity index is 705. The average molecular weight is 388 g/mol. The van der Waals surface area contributed by atoms with E-state index in [1.54, 1.807) is 12.1 Å². The summed E-state index contributed by atoms with van der Waals surface area (Å²) in [4.78, 5) is 41.2. The van der Waals surface area contributed by atoms with Gasteiger partial charge < -0.3 is 14.7 Å². The van der Waals surface area contributed by atoms with Gasteiger partial charge in [0.15, 0.2) is 0 Å². The number of benzene rings is 1. The SMILES string of the molecule is CCCC(=O)N1CCC(C(=O)N2CCN(c3ccc([N+](=O)[O-])cc3)CC2)CC1. The van der Waals surface area contributed by atoms with Gasteiger partial charge in [-0.1, -0.05) is 6.92 Å². The highest BCUT2D eigenvalue weighted by atomic mass is 16.6. The number of non-ortho nitro benzene ring substituents is 1. The summed E-state index contributed by atoms with van der Waals surface area (Å²) in [7, 11) is 0. The number of nitro benzene ring substituents is 1. The number of amides is 2. The molecule has 0 radical (unpaired) electrons. The third-order valence-electron chi connectivity index (χ3n) is 5.68. The van der Waals surface area contributed by atoms with Crippen molar-refractivity contribution >= 4 is 23.2 Å². The summed E-state index contributed by atoms with van der Waals surface area (Å²) in [6, 6.07) is 6.55. The van der Waals surface area contributed by atoms with Gasteiger partial charge >= 0.3 is 0 Å². The van der Waals surface area contributed by atoms with E-state index >= 15 is 0 Å². The standard InChI is InChI=1S/C20H28N4O4/c1-2-3-19(25)22-10-8-16(9-11-22)20(26)23-14-12-21(13-15-23)17-4-6-18(7-5-17)24(27)28/h4-7,16H,2-3,8-15H2,1H3. The van der Waals surface area contributed by atoms with Gasteiger partial charge in [-0.3, -0.25) is 19.7 Å². The van der Waals surface area contributed by atoms with Crippen molar-refractivity contribution in [3.8, 4) is 0 Å². The molecule has 2 saturated heterocycles. The third kappa shape index (κ3) is 4.61. The summed E-state index contributed by atoms with van der Waals surface area (Å²) >= 11 is 0. The van der Waals surface area contributed by atoms with Crippen LogP contribution in [0, 0.1) is 16.0 Å². The highest BCUT2D eigenvalue weighted by Gasteiger charge is 2.31. The molecule has 2 fully saturated rings. The van der Waals surface area contributed by atoms with Crippen molar-refractivity contribution in [1.29, 1.82) is 0 Å². The van der Waals surface area contributed by atoms with E-state index in [1.807, 2.05) is 16.7 Å². The van der Waals surface area contributed by atoms with Crippen LogP contribution >= 0.6 is 0 Å². The van der Waals surface area contributed by atoms with Crippen molar-refractivity contribution in [3.63, 3.8) is 0 Å². The Kier molecular flexibility index (Phi) is 6.49. The highest BCUT2D eigenvalue weighted by Crippen LogP contribution is 2.24. The zero-order valence-corrected chi connectivity index (χ0v) is 16.4. The molecule has 152 valence electrons. The predicted molar refractivity (Wildman–Crippen MR) is 106 cm³/mol. The fourth-order valence-corrected chi connectivity index (χ4v) is 3.98. The van der Waals surface area contributed by atoms with Gasteiger partial charge in [0, 0.05) is 69.4 Å². The first-order valence-corrected chi connectivity index (χ1v) is 10.1. The van der Waals surface area contributed by atoms with Crippen LogP contribution in [0.2, 0.25) is 0 Å². The molecule has 0 spiro atoms. The zero-order valence-electron chi connectivity index (χ0n) is 16.4. The topological polar surface area (TPSA) is 87.0 Å². The van der Waals surface area contributed by atoms with Gasteiger partial charge in [0.05, 0.1) is 4.92 Å². The minimum Gasteiger partial charge on any atom is -0.368 e. The van der Waals surface area contributed by atoms with E-state index in [4.69, 9.17) is 0 Å². The van der Waals surface area contributed by atoms with E-state index in [1.165, 1.54) is 12.1 Å². The minimum atomic E-state index is -0.401. The lowest BCUT2D eigenvalue weighted by Crippen LogP contribution is -2.52. The molecule has 2 aliphatic rings. The van der Waals surface area contributed by atoms with Crippen LogP contribution in [0.4, 0.5) is 11.4 Å². The Hall–Kier alpha value is -2.64. The maximum atomic E-state index is 12.8.